The molecule has 0 bridgehead atoms. The summed E-state index contributed by atoms with van der Waals surface area (Å²) in [6.45, 7) is 7.59. The molecule has 9 rings (SSSR count). The molecule has 0 aliphatic rings. The van der Waals surface area contributed by atoms with Crippen LogP contribution in [-0.2, 0) is 0 Å². The number of nitrogens with zero attached hydrogens (tertiary/aromatic N) is 3. The van der Waals surface area contributed by atoms with E-state index >= 15 is 0 Å². The Balaban J connectivity index is 1.24. The Kier molecular flexibility index (Phi) is 6.44. The molecule has 0 saturated heterocycles. The summed E-state index contributed by atoms with van der Waals surface area (Å²) in [5.41, 5.74) is 11.1. The molecular formula is C44H25N3S. The van der Waals surface area contributed by atoms with Gasteiger partial charge in [-0.15, -0.1) is 11.3 Å². The van der Waals surface area contributed by atoms with E-state index in [1.165, 1.54) is 36.9 Å². The molecule has 222 valence electrons. The summed E-state index contributed by atoms with van der Waals surface area (Å²) in [6.07, 6.45) is 0. The van der Waals surface area contributed by atoms with Crippen LogP contribution in [0, 0.1) is 17.9 Å². The van der Waals surface area contributed by atoms with Crippen molar-refractivity contribution in [3.05, 3.63) is 169 Å². The predicted molar refractivity (Wildman–Crippen MR) is 201 cm³/mol. The van der Waals surface area contributed by atoms with Gasteiger partial charge in [0.2, 0.25) is 0 Å². The highest BCUT2D eigenvalue weighted by atomic mass is 32.1. The van der Waals surface area contributed by atoms with E-state index in [0.29, 0.717) is 11.3 Å². The maximum atomic E-state index is 9.65. The third kappa shape index (κ3) is 4.56. The SMILES string of the molecule is [C-]#[N+]c1ccc2c(c1)c1cc(C#N)ccc1n2-c1cccc(-c2cc(-c3ccccc3)cc(-c3ccc4sc5ccccc5c4c3)c2)c1. The quantitative estimate of drug-likeness (QED) is 0.179. The fraction of sp³-hybridized carbons (Fsp3) is 0. The molecule has 48 heavy (non-hydrogen) atoms. The molecule has 0 atom stereocenters. The van der Waals surface area contributed by atoms with Crippen LogP contribution >= 0.6 is 11.3 Å². The predicted octanol–water partition coefficient (Wildman–Crippen LogP) is 12.6. The maximum absolute atomic E-state index is 9.65. The molecule has 7 aromatic carbocycles. The van der Waals surface area contributed by atoms with Crippen molar-refractivity contribution in [3.8, 4) is 45.1 Å². The molecule has 0 aliphatic heterocycles. The first kappa shape index (κ1) is 27.8. The minimum atomic E-state index is 0.580. The Bertz CT molecular complexity index is 2740. The lowest BCUT2D eigenvalue weighted by atomic mass is 9.92. The number of rotatable bonds is 4. The van der Waals surface area contributed by atoms with Crippen molar-refractivity contribution in [2.24, 2.45) is 0 Å². The van der Waals surface area contributed by atoms with E-state index in [4.69, 9.17) is 6.57 Å². The second kappa shape index (κ2) is 11.1. The highest BCUT2D eigenvalue weighted by Gasteiger charge is 2.15. The molecule has 0 spiro atoms. The third-order valence-electron chi connectivity index (χ3n) is 9.19. The van der Waals surface area contributed by atoms with Gasteiger partial charge >= 0.3 is 0 Å². The number of hydrogen-bond donors (Lipinski definition) is 0. The zero-order valence-corrected chi connectivity index (χ0v) is 26.5. The van der Waals surface area contributed by atoms with Crippen LogP contribution in [0.1, 0.15) is 5.56 Å². The second-order valence-corrected chi connectivity index (χ2v) is 13.1. The summed E-state index contributed by atoms with van der Waals surface area (Å²) in [7, 11) is 0. The third-order valence-corrected chi connectivity index (χ3v) is 10.3. The molecule has 3 nitrogen and oxygen atoms in total. The van der Waals surface area contributed by atoms with E-state index in [0.717, 1.165) is 44.2 Å². The van der Waals surface area contributed by atoms with Crippen molar-refractivity contribution < 1.29 is 0 Å². The molecular weight excluding hydrogens is 603 g/mol. The average molecular weight is 628 g/mol. The summed E-state index contributed by atoms with van der Waals surface area (Å²) >= 11 is 1.84. The van der Waals surface area contributed by atoms with Crippen LogP contribution < -0.4 is 0 Å². The first-order valence-corrected chi connectivity index (χ1v) is 16.6. The standard InChI is InChI=1S/C44H25N3S/c1-46-35-16-18-42-39(26-35)38-20-28(27-45)14-17-41(38)47(42)36-11-7-10-30(24-36)33-21-32(29-8-3-2-4-9-29)22-34(23-33)31-15-19-44-40(25-31)37-12-5-6-13-43(37)48-44/h2-26H. The lowest BCUT2D eigenvalue weighted by Gasteiger charge is -2.14. The number of benzene rings is 7. The molecule has 0 unspecified atom stereocenters. The van der Waals surface area contributed by atoms with Crippen molar-refractivity contribution in [2.45, 2.75) is 0 Å². The fourth-order valence-corrected chi connectivity index (χ4v) is 8.00. The van der Waals surface area contributed by atoms with E-state index in [-0.39, 0.29) is 0 Å². The lowest BCUT2D eigenvalue weighted by molar-refractivity contribution is 1.18. The van der Waals surface area contributed by atoms with Gasteiger partial charge < -0.3 is 4.57 Å². The van der Waals surface area contributed by atoms with Gasteiger partial charge in [-0.3, -0.25) is 0 Å². The number of aromatic nitrogens is 1. The number of hydrogen-bond acceptors (Lipinski definition) is 2. The smallest absolute Gasteiger partial charge is 0.188 e. The van der Waals surface area contributed by atoms with Gasteiger partial charge in [-0.2, -0.15) is 5.26 Å². The first-order chi connectivity index (χ1) is 23.7. The van der Waals surface area contributed by atoms with Gasteiger partial charge in [-0.25, -0.2) is 4.85 Å². The maximum Gasteiger partial charge on any atom is 0.188 e. The molecule has 2 aromatic heterocycles. The zero-order chi connectivity index (χ0) is 32.2. The normalized spacial score (nSPS) is 11.3. The largest absolute Gasteiger partial charge is 0.309 e. The van der Waals surface area contributed by atoms with Gasteiger partial charge in [-0.05, 0) is 118 Å². The average Bonchev–Trinajstić information content (AvgIpc) is 3.69. The lowest BCUT2D eigenvalue weighted by Crippen LogP contribution is -1.94. The molecule has 0 radical (unpaired) electrons. The van der Waals surface area contributed by atoms with Gasteiger partial charge in [0.05, 0.1) is 29.2 Å². The molecule has 9 aromatic rings. The van der Waals surface area contributed by atoms with Crippen LogP contribution in [0.25, 0.3) is 85.9 Å². The zero-order valence-electron chi connectivity index (χ0n) is 25.7. The van der Waals surface area contributed by atoms with E-state index in [9.17, 15) is 5.26 Å². The summed E-state index contributed by atoms with van der Waals surface area (Å²) in [6, 6.07) is 55.4. The molecule has 0 saturated carbocycles. The highest BCUT2D eigenvalue weighted by molar-refractivity contribution is 7.25. The van der Waals surface area contributed by atoms with Crippen molar-refractivity contribution in [1.29, 1.82) is 5.26 Å². The molecule has 0 N–H and O–H groups in total. The highest BCUT2D eigenvalue weighted by Crippen LogP contribution is 2.40. The van der Waals surface area contributed by atoms with Gasteiger partial charge in [0, 0.05) is 31.2 Å². The second-order valence-electron chi connectivity index (χ2n) is 12.0. The van der Waals surface area contributed by atoms with Crippen molar-refractivity contribution in [3.63, 3.8) is 0 Å². The Morgan fingerprint density at radius 1 is 0.500 bits per heavy atom. The van der Waals surface area contributed by atoms with Gasteiger partial charge in [-0.1, -0.05) is 72.8 Å². The topological polar surface area (TPSA) is 33.1 Å². The van der Waals surface area contributed by atoms with Gasteiger partial charge in [0.15, 0.2) is 5.69 Å². The van der Waals surface area contributed by atoms with Crippen LogP contribution in [0.5, 0.6) is 0 Å². The molecule has 0 aliphatic carbocycles. The van der Waals surface area contributed by atoms with E-state index in [1.807, 2.05) is 47.7 Å². The summed E-state index contributed by atoms with van der Waals surface area (Å²) in [5, 5.41) is 14.2. The first-order valence-electron chi connectivity index (χ1n) is 15.8. The fourth-order valence-electron chi connectivity index (χ4n) is 6.92. The van der Waals surface area contributed by atoms with Crippen LogP contribution in [0.2, 0.25) is 0 Å². The van der Waals surface area contributed by atoms with E-state index in [2.05, 4.69) is 131 Å². The van der Waals surface area contributed by atoms with Crippen LogP contribution in [-0.4, -0.2) is 4.57 Å². The molecule has 2 heterocycles. The Hall–Kier alpha value is -6.46. The summed E-state index contributed by atoms with van der Waals surface area (Å²) < 4.78 is 4.84. The minimum Gasteiger partial charge on any atom is -0.309 e. The Morgan fingerprint density at radius 2 is 1.17 bits per heavy atom. The Labute approximate surface area is 281 Å². The van der Waals surface area contributed by atoms with Crippen LogP contribution in [0.15, 0.2) is 152 Å². The summed E-state index contributed by atoms with van der Waals surface area (Å²) in [4.78, 5) is 3.68. The van der Waals surface area contributed by atoms with Crippen molar-refractivity contribution in [2.75, 3.05) is 0 Å². The molecule has 0 fully saturated rings. The monoisotopic (exact) mass is 627 g/mol. The number of fused-ring (bicyclic) bond motifs is 6. The van der Waals surface area contributed by atoms with Crippen LogP contribution in [0.3, 0.4) is 0 Å². The molecule has 0 amide bonds. The van der Waals surface area contributed by atoms with Crippen LogP contribution in [0.4, 0.5) is 5.69 Å². The summed E-state index contributed by atoms with van der Waals surface area (Å²) in [5.74, 6) is 0. The Morgan fingerprint density at radius 3 is 1.96 bits per heavy atom. The van der Waals surface area contributed by atoms with Crippen molar-refractivity contribution in [1.82, 2.24) is 4.57 Å². The number of thiophene rings is 1. The van der Waals surface area contributed by atoms with Gasteiger partial charge in [0.25, 0.3) is 0 Å². The van der Waals surface area contributed by atoms with E-state index in [1.54, 1.807) is 0 Å². The van der Waals surface area contributed by atoms with E-state index < -0.39 is 0 Å². The van der Waals surface area contributed by atoms with Crippen molar-refractivity contribution >= 4 is 59.0 Å². The minimum absolute atomic E-state index is 0.580. The number of nitriles is 1. The van der Waals surface area contributed by atoms with Gasteiger partial charge in [0.1, 0.15) is 0 Å². The molecule has 4 heteroatoms.